The zero-order valence-corrected chi connectivity index (χ0v) is 17.7. The molecule has 5 rings (SSSR count). The number of amides is 1. The molecule has 6 nitrogen and oxygen atoms in total. The van der Waals surface area contributed by atoms with Crippen LogP contribution in [-0.2, 0) is 13.1 Å². The molecule has 1 amide bonds. The van der Waals surface area contributed by atoms with Crippen molar-refractivity contribution in [1.82, 2.24) is 19.3 Å². The molecule has 0 bridgehead atoms. The number of rotatable bonds is 5. The molecular formula is C26H22N4O2. The lowest BCUT2D eigenvalue weighted by Crippen LogP contribution is -2.25. The van der Waals surface area contributed by atoms with Gasteiger partial charge in [0.05, 0.1) is 12.1 Å². The van der Waals surface area contributed by atoms with Gasteiger partial charge >= 0.3 is 0 Å². The summed E-state index contributed by atoms with van der Waals surface area (Å²) in [6, 6.07) is 22.9. The van der Waals surface area contributed by atoms with Gasteiger partial charge in [-0.3, -0.25) is 14.2 Å². The van der Waals surface area contributed by atoms with Gasteiger partial charge in [0.1, 0.15) is 5.52 Å². The number of pyridine rings is 1. The highest BCUT2D eigenvalue weighted by Gasteiger charge is 2.13. The van der Waals surface area contributed by atoms with Crippen LogP contribution in [0.25, 0.3) is 16.7 Å². The Morgan fingerprint density at radius 2 is 1.75 bits per heavy atom. The van der Waals surface area contributed by atoms with Gasteiger partial charge in [0.15, 0.2) is 5.65 Å². The van der Waals surface area contributed by atoms with Crippen molar-refractivity contribution in [3.63, 3.8) is 0 Å². The number of nitrogens with zero attached hydrogens (tertiary/aromatic N) is 3. The van der Waals surface area contributed by atoms with Gasteiger partial charge in [0, 0.05) is 24.5 Å². The van der Waals surface area contributed by atoms with Gasteiger partial charge in [-0.15, -0.1) is 0 Å². The van der Waals surface area contributed by atoms with Gasteiger partial charge in [-0.1, -0.05) is 42.0 Å². The third-order valence-corrected chi connectivity index (χ3v) is 5.60. The molecule has 1 N–H and O–H groups in total. The zero-order valence-electron chi connectivity index (χ0n) is 17.7. The fourth-order valence-electron chi connectivity index (χ4n) is 3.91. The Labute approximate surface area is 184 Å². The average Bonchev–Trinajstić information content (AvgIpc) is 3.32. The van der Waals surface area contributed by atoms with E-state index in [9.17, 15) is 9.59 Å². The Kier molecular flexibility index (Phi) is 5.03. The van der Waals surface area contributed by atoms with Crippen LogP contribution >= 0.6 is 0 Å². The lowest BCUT2D eigenvalue weighted by atomic mass is 10.1. The summed E-state index contributed by atoms with van der Waals surface area (Å²) in [5, 5.41) is 2.96. The topological polar surface area (TPSA) is 68.4 Å². The van der Waals surface area contributed by atoms with Crippen molar-refractivity contribution in [1.29, 1.82) is 0 Å². The minimum atomic E-state index is -0.148. The lowest BCUT2D eigenvalue weighted by Gasteiger charge is -2.12. The van der Waals surface area contributed by atoms with Crippen LogP contribution in [0, 0.1) is 6.92 Å². The van der Waals surface area contributed by atoms with E-state index in [4.69, 9.17) is 0 Å². The maximum Gasteiger partial charge on any atom is 0.276 e. The smallest absolute Gasteiger partial charge is 0.276 e. The van der Waals surface area contributed by atoms with Crippen molar-refractivity contribution in [3.8, 4) is 0 Å². The monoisotopic (exact) mass is 422 g/mol. The number of fused-ring (bicyclic) bond motifs is 3. The number of aromatic nitrogens is 3. The fraction of sp³-hybridized carbons (Fsp3) is 0.115. The van der Waals surface area contributed by atoms with E-state index in [0.29, 0.717) is 29.8 Å². The molecule has 0 fully saturated rings. The second-order valence-electron chi connectivity index (χ2n) is 7.87. The number of carbonyl (C=O) groups is 1. The van der Waals surface area contributed by atoms with Crippen molar-refractivity contribution in [2.24, 2.45) is 0 Å². The quantitative estimate of drug-likeness (QED) is 0.467. The van der Waals surface area contributed by atoms with Crippen LogP contribution in [0.5, 0.6) is 0 Å². The van der Waals surface area contributed by atoms with Crippen LogP contribution in [0.4, 0.5) is 0 Å². The third-order valence-electron chi connectivity index (χ3n) is 5.60. The molecule has 0 saturated carbocycles. The molecule has 6 heteroatoms. The molecule has 5 aromatic rings. The van der Waals surface area contributed by atoms with Gasteiger partial charge < -0.3 is 9.72 Å². The van der Waals surface area contributed by atoms with Crippen LogP contribution in [0.3, 0.4) is 0 Å². The summed E-state index contributed by atoms with van der Waals surface area (Å²) >= 11 is 0. The van der Waals surface area contributed by atoms with Gasteiger partial charge in [0.2, 0.25) is 0 Å². The number of carbonyl (C=O) groups excluding carboxylic acids is 1. The van der Waals surface area contributed by atoms with Crippen molar-refractivity contribution >= 4 is 22.6 Å². The standard InChI is InChI=1S/C26H22N4O2/c1-18-9-11-19(12-10-18)16-28-25(31)21-6-2-5-20(15-21)17-30-24-22(7-3-13-27-24)29-14-4-8-23(29)26(30)32/h2-15H,16-17H2,1H3,(H,28,31). The van der Waals surface area contributed by atoms with E-state index in [2.05, 4.69) is 10.3 Å². The van der Waals surface area contributed by atoms with Crippen LogP contribution < -0.4 is 10.9 Å². The molecule has 0 aliphatic rings. The molecular weight excluding hydrogens is 400 g/mol. The minimum absolute atomic E-state index is 0.115. The second kappa shape index (κ2) is 8.15. The normalized spacial score (nSPS) is 11.2. The zero-order chi connectivity index (χ0) is 22.1. The highest BCUT2D eigenvalue weighted by Crippen LogP contribution is 2.15. The summed E-state index contributed by atoms with van der Waals surface area (Å²) in [7, 11) is 0. The van der Waals surface area contributed by atoms with E-state index >= 15 is 0 Å². The molecule has 0 aliphatic carbocycles. The van der Waals surface area contributed by atoms with E-state index in [1.54, 1.807) is 22.9 Å². The average molecular weight is 422 g/mol. The van der Waals surface area contributed by atoms with E-state index in [-0.39, 0.29) is 11.5 Å². The number of hydrogen-bond acceptors (Lipinski definition) is 3. The summed E-state index contributed by atoms with van der Waals surface area (Å²) in [4.78, 5) is 30.3. The fourth-order valence-corrected chi connectivity index (χ4v) is 3.91. The summed E-state index contributed by atoms with van der Waals surface area (Å²) in [6.07, 6.45) is 3.55. The largest absolute Gasteiger partial charge is 0.348 e. The third kappa shape index (κ3) is 3.67. The predicted octanol–water partition coefficient (Wildman–Crippen LogP) is 3.94. The maximum atomic E-state index is 13.1. The number of aryl methyl sites for hydroxylation is 1. The van der Waals surface area contributed by atoms with Gasteiger partial charge in [-0.25, -0.2) is 4.98 Å². The van der Waals surface area contributed by atoms with Crippen LogP contribution in [0.15, 0.2) is 90.0 Å². The Hall–Kier alpha value is -4.19. The molecule has 2 aromatic carbocycles. The Morgan fingerprint density at radius 1 is 0.938 bits per heavy atom. The molecule has 158 valence electrons. The van der Waals surface area contributed by atoms with Crippen molar-refractivity contribution in [2.75, 3.05) is 0 Å². The van der Waals surface area contributed by atoms with Gasteiger partial charge in [0.25, 0.3) is 11.5 Å². The molecule has 0 aliphatic heterocycles. The number of benzene rings is 2. The predicted molar refractivity (Wildman–Crippen MR) is 125 cm³/mol. The van der Waals surface area contributed by atoms with E-state index in [0.717, 1.165) is 16.6 Å². The van der Waals surface area contributed by atoms with Crippen molar-refractivity contribution in [2.45, 2.75) is 20.0 Å². The van der Waals surface area contributed by atoms with Gasteiger partial charge in [-0.05, 0) is 54.4 Å². The van der Waals surface area contributed by atoms with Crippen LogP contribution in [-0.4, -0.2) is 19.9 Å². The van der Waals surface area contributed by atoms with E-state index in [1.165, 1.54) is 5.56 Å². The van der Waals surface area contributed by atoms with Crippen LogP contribution in [0.1, 0.15) is 27.0 Å². The number of nitrogens with one attached hydrogen (secondary N) is 1. The second-order valence-corrected chi connectivity index (χ2v) is 7.87. The van der Waals surface area contributed by atoms with E-state index in [1.807, 2.05) is 78.2 Å². The first-order valence-corrected chi connectivity index (χ1v) is 10.5. The summed E-state index contributed by atoms with van der Waals surface area (Å²) in [5.74, 6) is -0.148. The number of hydrogen-bond donors (Lipinski definition) is 1. The first-order chi connectivity index (χ1) is 15.6. The summed E-state index contributed by atoms with van der Waals surface area (Å²) in [6.45, 7) is 2.82. The maximum absolute atomic E-state index is 13.1. The molecule has 0 unspecified atom stereocenters. The minimum Gasteiger partial charge on any atom is -0.348 e. The SMILES string of the molecule is Cc1ccc(CNC(=O)c2cccc(Cn3c(=O)c4cccn4c4cccnc43)c2)cc1. The first-order valence-electron chi connectivity index (χ1n) is 10.5. The molecule has 0 saturated heterocycles. The van der Waals surface area contributed by atoms with Crippen LogP contribution in [0.2, 0.25) is 0 Å². The molecule has 0 spiro atoms. The molecule has 3 aromatic heterocycles. The Morgan fingerprint density at radius 3 is 2.59 bits per heavy atom. The van der Waals surface area contributed by atoms with Crippen molar-refractivity contribution in [3.05, 3.63) is 118 Å². The Bertz CT molecular complexity index is 1500. The molecule has 3 heterocycles. The molecule has 32 heavy (non-hydrogen) atoms. The molecule has 0 radical (unpaired) electrons. The lowest BCUT2D eigenvalue weighted by molar-refractivity contribution is 0.0951. The summed E-state index contributed by atoms with van der Waals surface area (Å²) < 4.78 is 3.52. The molecule has 0 atom stereocenters. The first kappa shape index (κ1) is 19.8. The van der Waals surface area contributed by atoms with Gasteiger partial charge in [-0.2, -0.15) is 0 Å². The van der Waals surface area contributed by atoms with Crippen molar-refractivity contribution < 1.29 is 4.79 Å². The Balaban J connectivity index is 1.43. The highest BCUT2D eigenvalue weighted by atomic mass is 16.1. The summed E-state index contributed by atoms with van der Waals surface area (Å²) in [5.41, 5.74) is 5.59. The van der Waals surface area contributed by atoms with E-state index < -0.39 is 0 Å². The highest BCUT2D eigenvalue weighted by molar-refractivity contribution is 5.94.